The predicted molar refractivity (Wildman–Crippen MR) is 146 cm³/mol. The van der Waals surface area contributed by atoms with Crippen LogP contribution in [0, 0.1) is 10.1 Å². The highest BCUT2D eigenvalue weighted by atomic mass is 32.2. The van der Waals surface area contributed by atoms with E-state index in [1.807, 2.05) is 0 Å². The lowest BCUT2D eigenvalue weighted by Crippen LogP contribution is -2.53. The van der Waals surface area contributed by atoms with E-state index in [4.69, 9.17) is 0 Å². The molecule has 0 aliphatic carbocycles. The number of benzene rings is 2. The number of hydrogen-bond donors (Lipinski definition) is 6. The highest BCUT2D eigenvalue weighted by Crippen LogP contribution is 2.32. The molecule has 3 rings (SSSR count). The molecule has 2 aromatic rings. The average Bonchev–Trinajstić information content (AvgIpc) is 2.92. The van der Waals surface area contributed by atoms with Crippen molar-refractivity contribution >= 4 is 52.8 Å². The zero-order chi connectivity index (χ0) is 30.1. The summed E-state index contributed by atoms with van der Waals surface area (Å²) in [6.07, 6.45) is 0.596. The molecule has 0 saturated heterocycles. The number of rotatable bonds is 9. The number of carbonyl (C=O) groups is 5. The number of amides is 3. The Bertz CT molecular complexity index is 1370. The van der Waals surface area contributed by atoms with E-state index >= 15 is 0 Å². The second kappa shape index (κ2) is 14.2. The third-order valence-electron chi connectivity index (χ3n) is 6.31. The molecule has 0 radical (unpaired) electrons. The van der Waals surface area contributed by atoms with Gasteiger partial charge >= 0.3 is 11.9 Å². The predicted octanol–water partition coefficient (Wildman–Crippen LogP) is 1.40. The van der Waals surface area contributed by atoms with Crippen molar-refractivity contribution in [2.75, 3.05) is 11.9 Å². The lowest BCUT2D eigenvalue weighted by atomic mass is 10.0. The van der Waals surface area contributed by atoms with E-state index in [0.29, 0.717) is 29.8 Å². The van der Waals surface area contributed by atoms with Gasteiger partial charge in [-0.1, -0.05) is 6.07 Å². The fourth-order valence-electron chi connectivity index (χ4n) is 4.10. The van der Waals surface area contributed by atoms with Gasteiger partial charge in [0.1, 0.15) is 12.1 Å². The first-order valence-electron chi connectivity index (χ1n) is 12.7. The van der Waals surface area contributed by atoms with Gasteiger partial charge in [-0.05, 0) is 49.4 Å². The number of nitro groups is 1. The average molecular weight is 589 g/mol. The SMILES string of the molecule is [NH3+]CCCC[C@@H]1NC(=O)[C@H](CCC(=O)O)NC(=O)c2cc([N+](=O)[O-])ccc2SCc2ccc(C(=O)O)cc2NC1=O. The Labute approximate surface area is 238 Å². The number of carbonyl (C=O) groups excluding carboxylic acids is 3. The second-order valence-corrected chi connectivity index (χ2v) is 10.3. The molecule has 0 aromatic heterocycles. The Morgan fingerprint density at radius 2 is 1.73 bits per heavy atom. The number of nitrogens with zero attached hydrogens (tertiary/aromatic N) is 1. The van der Waals surface area contributed by atoms with E-state index in [1.165, 1.54) is 30.3 Å². The first-order chi connectivity index (χ1) is 19.5. The fourth-order valence-corrected chi connectivity index (χ4v) is 5.14. The Balaban J connectivity index is 2.11. The topological polar surface area (TPSA) is 233 Å². The van der Waals surface area contributed by atoms with Gasteiger partial charge in [0.2, 0.25) is 11.8 Å². The smallest absolute Gasteiger partial charge is 0.335 e. The molecule has 41 heavy (non-hydrogen) atoms. The summed E-state index contributed by atoms with van der Waals surface area (Å²) in [5, 5.41) is 37.9. The van der Waals surface area contributed by atoms with Crippen LogP contribution >= 0.6 is 11.8 Å². The summed E-state index contributed by atoms with van der Waals surface area (Å²) in [7, 11) is 0. The molecule has 3 amide bonds. The monoisotopic (exact) mass is 588 g/mol. The molecule has 218 valence electrons. The molecule has 0 unspecified atom stereocenters. The minimum absolute atomic E-state index is 0.0862. The number of fused-ring (bicyclic) bond motifs is 2. The van der Waals surface area contributed by atoms with Gasteiger partial charge in [-0.3, -0.25) is 29.3 Å². The summed E-state index contributed by atoms with van der Waals surface area (Å²) < 4.78 is 0. The molecule has 0 bridgehead atoms. The molecule has 8 N–H and O–H groups in total. The number of quaternary nitrogens is 1. The van der Waals surface area contributed by atoms with Crippen LogP contribution in [0.25, 0.3) is 0 Å². The maximum Gasteiger partial charge on any atom is 0.335 e. The molecule has 1 aliphatic heterocycles. The molecular weight excluding hydrogens is 558 g/mol. The van der Waals surface area contributed by atoms with Crippen LogP contribution in [0.2, 0.25) is 0 Å². The molecule has 1 heterocycles. The van der Waals surface area contributed by atoms with Crippen molar-refractivity contribution in [3.05, 3.63) is 63.2 Å². The van der Waals surface area contributed by atoms with Gasteiger partial charge in [0, 0.05) is 34.9 Å². The van der Waals surface area contributed by atoms with Gasteiger partial charge in [0.15, 0.2) is 0 Å². The number of carboxylic acids is 2. The quantitative estimate of drug-likeness (QED) is 0.140. The largest absolute Gasteiger partial charge is 0.481 e. The van der Waals surface area contributed by atoms with Gasteiger partial charge in [-0.25, -0.2) is 4.79 Å². The van der Waals surface area contributed by atoms with Gasteiger partial charge < -0.3 is 31.9 Å². The van der Waals surface area contributed by atoms with Crippen molar-refractivity contribution in [1.82, 2.24) is 10.6 Å². The maximum atomic E-state index is 13.4. The lowest BCUT2D eigenvalue weighted by molar-refractivity contribution is -0.384. The van der Waals surface area contributed by atoms with Crippen molar-refractivity contribution in [3.8, 4) is 0 Å². The lowest BCUT2D eigenvalue weighted by Gasteiger charge is -2.24. The van der Waals surface area contributed by atoms with Crippen LogP contribution in [0.4, 0.5) is 11.4 Å². The number of nitrogens with one attached hydrogen (secondary N) is 3. The van der Waals surface area contributed by atoms with Crippen LogP contribution in [0.5, 0.6) is 0 Å². The number of thioether (sulfide) groups is 1. The molecule has 2 atom stereocenters. The van der Waals surface area contributed by atoms with Crippen LogP contribution in [-0.4, -0.2) is 63.4 Å². The minimum Gasteiger partial charge on any atom is -0.481 e. The van der Waals surface area contributed by atoms with Crippen LogP contribution in [0.15, 0.2) is 41.3 Å². The molecule has 0 saturated carbocycles. The van der Waals surface area contributed by atoms with E-state index in [0.717, 1.165) is 17.8 Å². The van der Waals surface area contributed by atoms with Crippen molar-refractivity contribution in [2.45, 2.75) is 54.8 Å². The highest BCUT2D eigenvalue weighted by Gasteiger charge is 2.29. The molecule has 14 nitrogen and oxygen atoms in total. The van der Waals surface area contributed by atoms with E-state index in [-0.39, 0.29) is 41.1 Å². The number of anilines is 1. The minimum atomic E-state index is -1.37. The number of unbranched alkanes of at least 4 members (excludes halogenated alkanes) is 1. The molecule has 2 aromatic carbocycles. The maximum absolute atomic E-state index is 13.4. The van der Waals surface area contributed by atoms with Crippen molar-refractivity contribution < 1.29 is 44.8 Å². The molecule has 15 heteroatoms. The van der Waals surface area contributed by atoms with Crippen LogP contribution in [0.1, 0.15) is 58.4 Å². The number of non-ortho nitro benzene ring substituents is 1. The van der Waals surface area contributed by atoms with E-state index in [1.54, 1.807) is 0 Å². The number of hydrogen-bond acceptors (Lipinski definition) is 8. The third kappa shape index (κ3) is 8.49. The molecule has 0 spiro atoms. The summed E-state index contributed by atoms with van der Waals surface area (Å²) in [5.74, 6) is -4.55. The zero-order valence-electron chi connectivity index (χ0n) is 21.9. The number of aliphatic carboxylic acids is 1. The standard InChI is InChI=1S/C26H29N5O9S/c27-10-2-1-3-18-24(35)30-20-11-14(26(37)38)4-5-15(20)13-41-21-8-6-16(31(39)40)12-17(21)23(34)28-19(25(36)29-18)7-9-22(32)33/h4-6,8,11-12,18-19H,1-3,7,9-10,13,27H2,(H,28,34)(H,29,36)(H,30,35)(H,32,33)(H,37,38)/p+1/t18-,19-/m0/s1. The van der Waals surface area contributed by atoms with Crippen molar-refractivity contribution in [2.24, 2.45) is 0 Å². The van der Waals surface area contributed by atoms with Crippen LogP contribution < -0.4 is 21.7 Å². The number of aromatic carboxylic acids is 1. The van der Waals surface area contributed by atoms with Gasteiger partial charge in [0.05, 0.1) is 22.6 Å². The van der Waals surface area contributed by atoms with Crippen LogP contribution in [-0.2, 0) is 20.1 Å². The van der Waals surface area contributed by atoms with Gasteiger partial charge in [-0.15, -0.1) is 11.8 Å². The summed E-state index contributed by atoms with van der Waals surface area (Å²) in [6.45, 7) is 0.590. The van der Waals surface area contributed by atoms with E-state index in [2.05, 4.69) is 21.7 Å². The molecule has 1 aliphatic rings. The zero-order valence-corrected chi connectivity index (χ0v) is 22.7. The summed E-state index contributed by atoms with van der Waals surface area (Å²) in [6, 6.07) is 5.35. The Morgan fingerprint density at radius 1 is 1.00 bits per heavy atom. The van der Waals surface area contributed by atoms with Gasteiger partial charge in [0.25, 0.3) is 11.6 Å². The highest BCUT2D eigenvalue weighted by molar-refractivity contribution is 7.98. The second-order valence-electron chi connectivity index (χ2n) is 9.26. The van der Waals surface area contributed by atoms with Crippen molar-refractivity contribution in [1.29, 1.82) is 0 Å². The summed E-state index contributed by atoms with van der Waals surface area (Å²) in [5.41, 5.74) is 3.91. The summed E-state index contributed by atoms with van der Waals surface area (Å²) >= 11 is 1.11. The van der Waals surface area contributed by atoms with E-state index in [9.17, 15) is 44.3 Å². The summed E-state index contributed by atoms with van der Waals surface area (Å²) in [4.78, 5) is 74.0. The first-order valence-corrected chi connectivity index (χ1v) is 13.7. The molecular formula is C26H30N5O9S+. The Kier molecular flexibility index (Phi) is 10.8. The first kappa shape index (κ1) is 31.0. The van der Waals surface area contributed by atoms with E-state index < -0.39 is 53.1 Å². The molecule has 0 fully saturated rings. The van der Waals surface area contributed by atoms with Gasteiger partial charge in [-0.2, -0.15) is 0 Å². The van der Waals surface area contributed by atoms with Crippen molar-refractivity contribution in [3.63, 3.8) is 0 Å². The Hall–Kier alpha value is -4.50. The van der Waals surface area contributed by atoms with Crippen LogP contribution in [0.3, 0.4) is 0 Å². The fraction of sp³-hybridized carbons (Fsp3) is 0.346. The Morgan fingerprint density at radius 3 is 2.39 bits per heavy atom. The normalized spacial score (nSPS) is 17.6. The number of carboxylic acid groups (broad SMARTS) is 2. The third-order valence-corrected chi connectivity index (χ3v) is 7.43. The number of nitro benzene ring substituents is 1.